The van der Waals surface area contributed by atoms with Crippen molar-refractivity contribution in [2.45, 2.75) is 55.4 Å². The van der Waals surface area contributed by atoms with Crippen LogP contribution < -0.4 is 0 Å². The summed E-state index contributed by atoms with van der Waals surface area (Å²) in [6.07, 6.45) is 0. The Balaban J connectivity index is 0. The number of benzene rings is 1. The van der Waals surface area contributed by atoms with Gasteiger partial charge in [-0.1, -0.05) is 63.1 Å². The van der Waals surface area contributed by atoms with Gasteiger partial charge in [-0.15, -0.1) is 11.3 Å². The largest absolute Gasteiger partial charge is 0.146 e. The molecule has 0 amide bonds. The zero-order chi connectivity index (χ0) is 15.3. The summed E-state index contributed by atoms with van der Waals surface area (Å²) in [6.45, 7) is 16.5. The molecule has 1 heterocycles. The minimum atomic E-state index is 1.34. The monoisotopic (exact) mass is 278 g/mol. The van der Waals surface area contributed by atoms with Crippen molar-refractivity contribution in [3.8, 4) is 0 Å². The highest BCUT2D eigenvalue weighted by atomic mass is 32.1. The SMILES string of the molecule is CC.CC.Cc1ccc(C)s1.Cc1cccc(C)c1. The van der Waals surface area contributed by atoms with E-state index in [0.29, 0.717) is 0 Å². The Morgan fingerprint density at radius 2 is 1.00 bits per heavy atom. The van der Waals surface area contributed by atoms with Crippen molar-refractivity contribution in [3.05, 3.63) is 57.3 Å². The first-order valence-electron chi connectivity index (χ1n) is 7.14. The molecule has 0 aliphatic carbocycles. The molecule has 0 fully saturated rings. The standard InChI is InChI=1S/C8H10.C6H8S.2C2H6/c1-7-4-3-5-8(2)6-7;1-5-3-4-6(2)7-5;2*1-2/h3-6H,1-2H3;3-4H,1-2H3;2*1-2H3. The second-order valence-corrected chi connectivity index (χ2v) is 5.31. The van der Waals surface area contributed by atoms with Gasteiger partial charge in [0.15, 0.2) is 0 Å². The quantitative estimate of drug-likeness (QED) is 0.501. The van der Waals surface area contributed by atoms with Crippen molar-refractivity contribution in [1.29, 1.82) is 0 Å². The molecule has 108 valence electrons. The van der Waals surface area contributed by atoms with Gasteiger partial charge >= 0.3 is 0 Å². The van der Waals surface area contributed by atoms with Crippen molar-refractivity contribution >= 4 is 11.3 Å². The molecule has 0 nitrogen and oxygen atoms in total. The Kier molecular flexibility index (Phi) is 14.2. The Morgan fingerprint density at radius 1 is 0.632 bits per heavy atom. The molecule has 0 atom stereocenters. The van der Waals surface area contributed by atoms with Gasteiger partial charge in [0.05, 0.1) is 0 Å². The van der Waals surface area contributed by atoms with Gasteiger partial charge in [-0.25, -0.2) is 0 Å². The fourth-order valence-electron chi connectivity index (χ4n) is 1.36. The molecule has 1 heteroatoms. The minimum absolute atomic E-state index is 1.34. The molecule has 0 saturated carbocycles. The average molecular weight is 279 g/mol. The number of aryl methyl sites for hydroxylation is 4. The molecule has 0 aliphatic rings. The Hall–Kier alpha value is -1.08. The summed E-state index contributed by atoms with van der Waals surface area (Å²) in [4.78, 5) is 2.80. The predicted octanol–water partition coefficient (Wildman–Crippen LogP) is 6.72. The van der Waals surface area contributed by atoms with Crippen molar-refractivity contribution < 1.29 is 0 Å². The lowest BCUT2D eigenvalue weighted by Gasteiger charge is -1.90. The van der Waals surface area contributed by atoms with Gasteiger partial charge in [-0.2, -0.15) is 0 Å². The first kappa shape index (κ1) is 20.2. The summed E-state index contributed by atoms with van der Waals surface area (Å²) in [5.74, 6) is 0. The Bertz CT molecular complexity index is 379. The summed E-state index contributed by atoms with van der Waals surface area (Å²) < 4.78 is 0. The molecule has 0 saturated heterocycles. The molecule has 0 N–H and O–H groups in total. The van der Waals surface area contributed by atoms with E-state index in [2.05, 4.69) is 64.1 Å². The number of hydrogen-bond donors (Lipinski definition) is 0. The van der Waals surface area contributed by atoms with E-state index in [4.69, 9.17) is 0 Å². The summed E-state index contributed by atoms with van der Waals surface area (Å²) in [5, 5.41) is 0. The van der Waals surface area contributed by atoms with Crippen LogP contribution in [0.4, 0.5) is 0 Å². The zero-order valence-corrected chi connectivity index (χ0v) is 14.7. The lowest BCUT2D eigenvalue weighted by atomic mass is 10.2. The summed E-state index contributed by atoms with van der Waals surface area (Å²) in [5.41, 5.74) is 2.68. The number of hydrogen-bond acceptors (Lipinski definition) is 1. The number of rotatable bonds is 0. The molecule has 0 unspecified atom stereocenters. The van der Waals surface area contributed by atoms with Crippen molar-refractivity contribution in [2.75, 3.05) is 0 Å². The summed E-state index contributed by atoms with van der Waals surface area (Å²) in [7, 11) is 0. The van der Waals surface area contributed by atoms with E-state index in [0.717, 1.165) is 0 Å². The highest BCUT2D eigenvalue weighted by Gasteiger charge is 1.84. The molecule has 0 bridgehead atoms. The smallest absolute Gasteiger partial charge is 0.00170 e. The molecule has 1 aromatic carbocycles. The second-order valence-electron chi connectivity index (χ2n) is 3.81. The molecule has 1 aromatic heterocycles. The predicted molar refractivity (Wildman–Crippen MR) is 92.4 cm³/mol. The van der Waals surface area contributed by atoms with E-state index in [9.17, 15) is 0 Å². The van der Waals surface area contributed by atoms with Crippen LogP contribution >= 0.6 is 11.3 Å². The van der Waals surface area contributed by atoms with Crippen LogP contribution in [0.25, 0.3) is 0 Å². The van der Waals surface area contributed by atoms with Crippen LogP contribution in [0, 0.1) is 27.7 Å². The van der Waals surface area contributed by atoms with Gasteiger partial charge in [-0.05, 0) is 39.8 Å². The van der Waals surface area contributed by atoms with E-state index in [-0.39, 0.29) is 0 Å². The van der Waals surface area contributed by atoms with Gasteiger partial charge in [0, 0.05) is 9.75 Å². The topological polar surface area (TPSA) is 0 Å². The van der Waals surface area contributed by atoms with Crippen molar-refractivity contribution in [3.63, 3.8) is 0 Å². The van der Waals surface area contributed by atoms with Crippen molar-refractivity contribution in [1.82, 2.24) is 0 Å². The zero-order valence-electron chi connectivity index (χ0n) is 13.9. The van der Waals surface area contributed by atoms with E-state index in [1.165, 1.54) is 20.9 Å². The molecule has 0 spiro atoms. The second kappa shape index (κ2) is 13.4. The van der Waals surface area contributed by atoms with Crippen LogP contribution in [-0.2, 0) is 0 Å². The van der Waals surface area contributed by atoms with Crippen LogP contribution in [0.2, 0.25) is 0 Å². The van der Waals surface area contributed by atoms with Crippen LogP contribution in [-0.4, -0.2) is 0 Å². The normalized spacial score (nSPS) is 8.00. The highest BCUT2D eigenvalue weighted by molar-refractivity contribution is 7.11. The van der Waals surface area contributed by atoms with Crippen LogP contribution in [0.1, 0.15) is 48.6 Å². The summed E-state index contributed by atoms with van der Waals surface area (Å²) >= 11 is 1.84. The fourth-order valence-corrected chi connectivity index (χ4v) is 2.14. The average Bonchev–Trinajstić information content (AvgIpc) is 2.78. The highest BCUT2D eigenvalue weighted by Crippen LogP contribution is 2.12. The minimum Gasteiger partial charge on any atom is -0.146 e. The first-order chi connectivity index (χ1) is 9.08. The maximum absolute atomic E-state index is 2.17. The molecular formula is C18H30S. The number of thiophene rings is 1. The van der Waals surface area contributed by atoms with Gasteiger partial charge in [0.25, 0.3) is 0 Å². The molecule has 19 heavy (non-hydrogen) atoms. The fraction of sp³-hybridized carbons (Fsp3) is 0.444. The van der Waals surface area contributed by atoms with Crippen LogP contribution in [0.5, 0.6) is 0 Å². The van der Waals surface area contributed by atoms with E-state index in [1.807, 2.05) is 39.0 Å². The molecular weight excluding hydrogens is 248 g/mol. The first-order valence-corrected chi connectivity index (χ1v) is 7.96. The van der Waals surface area contributed by atoms with E-state index in [1.54, 1.807) is 0 Å². The maximum Gasteiger partial charge on any atom is 0.00170 e. The molecule has 0 aliphatic heterocycles. The third-order valence-electron chi connectivity index (χ3n) is 2.05. The van der Waals surface area contributed by atoms with Gasteiger partial charge in [0.1, 0.15) is 0 Å². The van der Waals surface area contributed by atoms with Gasteiger partial charge in [0.2, 0.25) is 0 Å². The van der Waals surface area contributed by atoms with E-state index >= 15 is 0 Å². The van der Waals surface area contributed by atoms with Crippen LogP contribution in [0.15, 0.2) is 36.4 Å². The summed E-state index contributed by atoms with van der Waals surface area (Å²) in [6, 6.07) is 12.7. The third-order valence-corrected chi connectivity index (χ3v) is 2.96. The molecule has 2 aromatic rings. The lowest BCUT2D eigenvalue weighted by Crippen LogP contribution is -1.71. The van der Waals surface area contributed by atoms with Crippen molar-refractivity contribution in [2.24, 2.45) is 0 Å². The Labute approximate surface area is 124 Å². The molecule has 2 rings (SSSR count). The Morgan fingerprint density at radius 3 is 1.16 bits per heavy atom. The maximum atomic E-state index is 2.17. The molecule has 0 radical (unpaired) electrons. The van der Waals surface area contributed by atoms with E-state index < -0.39 is 0 Å². The van der Waals surface area contributed by atoms with Gasteiger partial charge < -0.3 is 0 Å². The lowest BCUT2D eigenvalue weighted by molar-refractivity contribution is 1.39. The van der Waals surface area contributed by atoms with Crippen LogP contribution in [0.3, 0.4) is 0 Å². The third kappa shape index (κ3) is 11.7. The van der Waals surface area contributed by atoms with Gasteiger partial charge in [-0.3, -0.25) is 0 Å².